The fourth-order valence-corrected chi connectivity index (χ4v) is 3.34. The van der Waals surface area contributed by atoms with Crippen molar-refractivity contribution in [2.24, 2.45) is 0 Å². The zero-order chi connectivity index (χ0) is 22.6. The molecule has 164 valence electrons. The Kier molecular flexibility index (Phi) is 6.32. The number of hydrogen-bond acceptors (Lipinski definition) is 5. The molecule has 1 aromatic heterocycles. The van der Waals surface area contributed by atoms with Crippen LogP contribution >= 0.6 is 11.6 Å². The van der Waals surface area contributed by atoms with Crippen molar-refractivity contribution < 1.29 is 18.7 Å². The average Bonchev–Trinajstić information content (AvgIpc) is 3.60. The summed E-state index contributed by atoms with van der Waals surface area (Å²) in [5.41, 5.74) is 0.630. The van der Waals surface area contributed by atoms with Crippen LogP contribution < -0.4 is 15.4 Å². The first kappa shape index (κ1) is 21.7. The fraction of sp³-hybridized carbons (Fsp3) is 0.217. The van der Waals surface area contributed by atoms with Crippen LogP contribution in [0.15, 0.2) is 61.2 Å². The highest BCUT2D eigenvalue weighted by Crippen LogP contribution is 2.36. The Hall–Kier alpha value is -3.52. The van der Waals surface area contributed by atoms with E-state index in [2.05, 4.69) is 20.6 Å². The minimum Gasteiger partial charge on any atom is -0.457 e. The summed E-state index contributed by atoms with van der Waals surface area (Å²) in [7, 11) is 0. The molecule has 1 aliphatic carbocycles. The van der Waals surface area contributed by atoms with E-state index in [1.54, 1.807) is 36.4 Å². The molecule has 0 spiro atoms. The van der Waals surface area contributed by atoms with E-state index in [1.165, 1.54) is 24.8 Å². The van der Waals surface area contributed by atoms with E-state index in [0.717, 1.165) is 5.56 Å². The van der Waals surface area contributed by atoms with Crippen molar-refractivity contribution in [2.45, 2.75) is 31.6 Å². The van der Waals surface area contributed by atoms with Crippen molar-refractivity contribution in [1.82, 2.24) is 20.6 Å². The third-order valence-corrected chi connectivity index (χ3v) is 5.37. The molecule has 0 radical (unpaired) electrons. The zero-order valence-electron chi connectivity index (χ0n) is 17.0. The lowest BCUT2D eigenvalue weighted by Gasteiger charge is -2.17. The molecule has 2 N–H and O–H groups in total. The Morgan fingerprint density at radius 2 is 1.81 bits per heavy atom. The number of carbonyl (C=O) groups is 2. The van der Waals surface area contributed by atoms with Gasteiger partial charge < -0.3 is 15.4 Å². The van der Waals surface area contributed by atoms with Crippen molar-refractivity contribution in [2.75, 3.05) is 0 Å². The molecular weight excluding hydrogens is 435 g/mol. The SMILES string of the molecule is O=C(NC1(C(=O)NCc2ccc(Oc3ccc(Cl)cc3CF)cc2)CC1)c1cncnc1. The van der Waals surface area contributed by atoms with Gasteiger partial charge in [-0.25, -0.2) is 14.4 Å². The number of nitrogens with one attached hydrogen (secondary N) is 2. The summed E-state index contributed by atoms with van der Waals surface area (Å²) in [4.78, 5) is 32.6. The largest absolute Gasteiger partial charge is 0.457 e. The second-order valence-corrected chi connectivity index (χ2v) is 7.91. The van der Waals surface area contributed by atoms with Crippen molar-refractivity contribution in [3.8, 4) is 11.5 Å². The lowest BCUT2D eigenvalue weighted by Crippen LogP contribution is -2.48. The van der Waals surface area contributed by atoms with Crippen LogP contribution in [0.4, 0.5) is 4.39 Å². The maximum absolute atomic E-state index is 13.2. The van der Waals surface area contributed by atoms with Gasteiger partial charge in [0.05, 0.1) is 5.56 Å². The molecule has 4 rings (SSSR count). The summed E-state index contributed by atoms with van der Waals surface area (Å²) in [6.45, 7) is -0.391. The van der Waals surface area contributed by atoms with Gasteiger partial charge >= 0.3 is 0 Å². The number of nitrogens with zero attached hydrogens (tertiary/aromatic N) is 2. The molecule has 9 heteroatoms. The number of alkyl halides is 1. The maximum Gasteiger partial charge on any atom is 0.255 e. The van der Waals surface area contributed by atoms with Crippen molar-refractivity contribution in [3.63, 3.8) is 0 Å². The van der Waals surface area contributed by atoms with Gasteiger partial charge in [0, 0.05) is 29.5 Å². The number of carbonyl (C=O) groups excluding carboxylic acids is 2. The summed E-state index contributed by atoms with van der Waals surface area (Å²) in [5.74, 6) is 0.313. The van der Waals surface area contributed by atoms with E-state index < -0.39 is 12.2 Å². The molecule has 0 saturated heterocycles. The van der Waals surface area contributed by atoms with Gasteiger partial charge in [0.25, 0.3) is 5.91 Å². The number of hydrogen-bond donors (Lipinski definition) is 2. The summed E-state index contributed by atoms with van der Waals surface area (Å²) in [5, 5.41) is 6.08. The van der Waals surface area contributed by atoms with E-state index in [0.29, 0.717) is 47.0 Å². The molecule has 2 aromatic carbocycles. The first-order valence-corrected chi connectivity index (χ1v) is 10.3. The highest BCUT2D eigenvalue weighted by molar-refractivity contribution is 6.30. The molecule has 0 aliphatic heterocycles. The Bertz CT molecular complexity index is 1120. The number of halogens is 2. The Labute approximate surface area is 189 Å². The predicted octanol–water partition coefficient (Wildman–Crippen LogP) is 3.97. The van der Waals surface area contributed by atoms with Crippen LogP contribution in [-0.4, -0.2) is 27.3 Å². The molecule has 0 unspecified atom stereocenters. The number of amides is 2. The highest BCUT2D eigenvalue weighted by atomic mass is 35.5. The number of aromatic nitrogens is 2. The van der Waals surface area contributed by atoms with E-state index in [1.807, 2.05) is 0 Å². The highest BCUT2D eigenvalue weighted by Gasteiger charge is 2.51. The Balaban J connectivity index is 1.32. The van der Waals surface area contributed by atoms with Crippen LogP contribution in [0, 0.1) is 0 Å². The summed E-state index contributed by atoms with van der Waals surface area (Å²) < 4.78 is 18.9. The summed E-state index contributed by atoms with van der Waals surface area (Å²) >= 11 is 5.89. The van der Waals surface area contributed by atoms with Crippen LogP contribution in [0.25, 0.3) is 0 Å². The lowest BCUT2D eigenvalue weighted by molar-refractivity contribution is -0.124. The van der Waals surface area contributed by atoms with Gasteiger partial charge in [0.15, 0.2) is 0 Å². The molecule has 32 heavy (non-hydrogen) atoms. The molecule has 1 saturated carbocycles. The van der Waals surface area contributed by atoms with E-state index >= 15 is 0 Å². The second kappa shape index (κ2) is 9.32. The third kappa shape index (κ3) is 5.03. The normalized spacial score (nSPS) is 13.8. The number of rotatable bonds is 8. The molecule has 7 nitrogen and oxygen atoms in total. The minimum atomic E-state index is -0.896. The standard InChI is InChI=1S/C23H20ClFN4O3/c24-18-3-6-20(16(9-18)10-25)32-19-4-1-15(2-5-19)11-28-22(31)23(7-8-23)29-21(30)17-12-26-14-27-13-17/h1-6,9,12-14H,7-8,10-11H2,(H,28,31)(H,29,30). The minimum absolute atomic E-state index is 0.239. The smallest absolute Gasteiger partial charge is 0.255 e. The maximum atomic E-state index is 13.2. The Morgan fingerprint density at radius 1 is 1.09 bits per heavy atom. The van der Waals surface area contributed by atoms with Gasteiger partial charge in [0.2, 0.25) is 5.91 Å². The molecule has 1 fully saturated rings. The van der Waals surface area contributed by atoms with E-state index in [9.17, 15) is 14.0 Å². The Morgan fingerprint density at radius 3 is 2.47 bits per heavy atom. The fourth-order valence-electron chi connectivity index (χ4n) is 3.15. The van der Waals surface area contributed by atoms with E-state index in [-0.39, 0.29) is 11.8 Å². The molecular formula is C23H20ClFN4O3. The topological polar surface area (TPSA) is 93.2 Å². The molecule has 1 aliphatic rings. The second-order valence-electron chi connectivity index (χ2n) is 7.48. The molecule has 1 heterocycles. The lowest BCUT2D eigenvalue weighted by atomic mass is 10.2. The van der Waals surface area contributed by atoms with Crippen molar-refractivity contribution >= 4 is 23.4 Å². The van der Waals surface area contributed by atoms with Crippen molar-refractivity contribution in [1.29, 1.82) is 0 Å². The molecule has 0 bridgehead atoms. The zero-order valence-corrected chi connectivity index (χ0v) is 17.7. The first-order chi connectivity index (χ1) is 15.5. The third-order valence-electron chi connectivity index (χ3n) is 5.13. The van der Waals surface area contributed by atoms with Crippen LogP contribution in [0.5, 0.6) is 11.5 Å². The number of benzene rings is 2. The molecule has 0 atom stereocenters. The van der Waals surface area contributed by atoms with Gasteiger partial charge in [0.1, 0.15) is 30.0 Å². The van der Waals surface area contributed by atoms with Gasteiger partial charge in [-0.15, -0.1) is 0 Å². The monoisotopic (exact) mass is 454 g/mol. The van der Waals surface area contributed by atoms with Crippen LogP contribution in [0.3, 0.4) is 0 Å². The molecule has 3 aromatic rings. The average molecular weight is 455 g/mol. The van der Waals surface area contributed by atoms with Gasteiger partial charge in [-0.2, -0.15) is 0 Å². The number of ether oxygens (including phenoxy) is 1. The molecule has 2 amide bonds. The summed E-state index contributed by atoms with van der Waals surface area (Å²) in [6, 6.07) is 11.9. The quantitative estimate of drug-likeness (QED) is 0.537. The van der Waals surface area contributed by atoms with Gasteiger partial charge in [-0.3, -0.25) is 9.59 Å². The van der Waals surface area contributed by atoms with Crippen LogP contribution in [0.1, 0.15) is 34.3 Å². The van der Waals surface area contributed by atoms with Gasteiger partial charge in [-0.05, 0) is 48.7 Å². The van der Waals surface area contributed by atoms with Crippen molar-refractivity contribution in [3.05, 3.63) is 82.9 Å². The predicted molar refractivity (Wildman–Crippen MR) is 116 cm³/mol. The van der Waals surface area contributed by atoms with E-state index in [4.69, 9.17) is 16.3 Å². The van der Waals surface area contributed by atoms with Gasteiger partial charge in [-0.1, -0.05) is 23.7 Å². The van der Waals surface area contributed by atoms with Crippen LogP contribution in [0.2, 0.25) is 5.02 Å². The first-order valence-electron chi connectivity index (χ1n) is 9.96. The van der Waals surface area contributed by atoms with Crippen LogP contribution in [-0.2, 0) is 18.0 Å². The summed E-state index contributed by atoms with van der Waals surface area (Å²) in [6.07, 6.45) is 5.29.